The van der Waals surface area contributed by atoms with Gasteiger partial charge in [0, 0.05) is 20.1 Å². The lowest BCUT2D eigenvalue weighted by molar-refractivity contribution is 0.871. The summed E-state index contributed by atoms with van der Waals surface area (Å²) in [5, 5.41) is 11.5. The highest BCUT2D eigenvalue weighted by Gasteiger charge is 2.10. The second-order valence-corrected chi connectivity index (χ2v) is 6.51. The van der Waals surface area contributed by atoms with Crippen molar-refractivity contribution >= 4 is 50.3 Å². The maximum absolute atomic E-state index is 5.27. The van der Waals surface area contributed by atoms with Crippen LogP contribution in [-0.2, 0) is 0 Å². The van der Waals surface area contributed by atoms with Gasteiger partial charge in [-0.3, -0.25) is 0 Å². The first-order valence-corrected chi connectivity index (χ1v) is 8.37. The summed E-state index contributed by atoms with van der Waals surface area (Å²) >= 11 is 12.3. The van der Waals surface area contributed by atoms with E-state index in [1.165, 1.54) is 0 Å². The van der Waals surface area contributed by atoms with E-state index in [1.807, 2.05) is 48.5 Å². The number of benzene rings is 2. The first-order valence-electron chi connectivity index (χ1n) is 6.38. The monoisotopic (exact) mass is 436 g/mol. The Hall–Kier alpha value is -1.57. The van der Waals surface area contributed by atoms with Crippen LogP contribution in [0.3, 0.4) is 0 Å². The fourth-order valence-corrected chi connectivity index (χ4v) is 2.94. The molecule has 0 saturated heterocycles. The first kappa shape index (κ1) is 15.3. The summed E-state index contributed by atoms with van der Waals surface area (Å²) in [5.74, 6) is 0.653. The van der Waals surface area contributed by atoms with Gasteiger partial charge in [-0.1, -0.05) is 62.2 Å². The SMILES string of the molecule is S=c1[nH]nc(-c2ccccc2Br)n1/N=C/c1ccccc1Br. The first-order chi connectivity index (χ1) is 10.7. The van der Waals surface area contributed by atoms with Gasteiger partial charge in [0.1, 0.15) is 0 Å². The number of hydrogen-bond acceptors (Lipinski definition) is 3. The average Bonchev–Trinajstić information content (AvgIpc) is 2.88. The Labute approximate surface area is 149 Å². The molecule has 0 aliphatic heterocycles. The van der Waals surface area contributed by atoms with Gasteiger partial charge < -0.3 is 0 Å². The zero-order valence-electron chi connectivity index (χ0n) is 11.2. The summed E-state index contributed by atoms with van der Waals surface area (Å²) in [5.41, 5.74) is 1.88. The third-order valence-corrected chi connectivity index (χ3v) is 4.66. The van der Waals surface area contributed by atoms with Crippen molar-refractivity contribution in [3.8, 4) is 11.4 Å². The molecule has 0 fully saturated rings. The van der Waals surface area contributed by atoms with E-state index in [0.29, 0.717) is 10.6 Å². The number of halogens is 2. The van der Waals surface area contributed by atoms with Gasteiger partial charge in [0.2, 0.25) is 4.77 Å². The maximum atomic E-state index is 5.27. The Morgan fingerprint density at radius 3 is 2.45 bits per heavy atom. The lowest BCUT2D eigenvalue weighted by Crippen LogP contribution is -1.96. The molecule has 1 heterocycles. The highest BCUT2D eigenvalue weighted by atomic mass is 79.9. The number of aromatic amines is 1. The molecule has 2 aromatic carbocycles. The molecule has 110 valence electrons. The van der Waals surface area contributed by atoms with Crippen molar-refractivity contribution in [1.29, 1.82) is 0 Å². The highest BCUT2D eigenvalue weighted by molar-refractivity contribution is 9.10. The van der Waals surface area contributed by atoms with Gasteiger partial charge in [0.05, 0.1) is 6.21 Å². The molecule has 0 bridgehead atoms. The van der Waals surface area contributed by atoms with Gasteiger partial charge >= 0.3 is 0 Å². The second kappa shape index (κ2) is 6.68. The summed E-state index contributed by atoms with van der Waals surface area (Å²) in [6.45, 7) is 0. The molecule has 0 aliphatic carbocycles. The van der Waals surface area contributed by atoms with Crippen molar-refractivity contribution < 1.29 is 0 Å². The van der Waals surface area contributed by atoms with E-state index in [-0.39, 0.29) is 0 Å². The smallest absolute Gasteiger partial charge is 0.216 e. The lowest BCUT2D eigenvalue weighted by Gasteiger charge is -2.03. The van der Waals surface area contributed by atoms with Crippen LogP contribution in [0.1, 0.15) is 5.56 Å². The summed E-state index contributed by atoms with van der Waals surface area (Å²) in [6, 6.07) is 15.6. The molecule has 22 heavy (non-hydrogen) atoms. The van der Waals surface area contributed by atoms with Crippen molar-refractivity contribution in [3.63, 3.8) is 0 Å². The van der Waals surface area contributed by atoms with Gasteiger partial charge in [0.15, 0.2) is 5.82 Å². The minimum atomic E-state index is 0.439. The number of rotatable bonds is 3. The molecule has 0 saturated carbocycles. The van der Waals surface area contributed by atoms with E-state index >= 15 is 0 Å². The predicted molar refractivity (Wildman–Crippen MR) is 97.7 cm³/mol. The predicted octanol–water partition coefficient (Wildman–Crippen LogP) is 5.01. The van der Waals surface area contributed by atoms with Crippen LogP contribution in [0, 0.1) is 4.77 Å². The largest absolute Gasteiger partial charge is 0.250 e. The van der Waals surface area contributed by atoms with Crippen LogP contribution >= 0.6 is 44.1 Å². The number of H-pyrrole nitrogens is 1. The molecule has 1 aromatic heterocycles. The van der Waals surface area contributed by atoms with Crippen LogP contribution in [0.4, 0.5) is 0 Å². The van der Waals surface area contributed by atoms with Crippen molar-refractivity contribution in [2.24, 2.45) is 5.10 Å². The lowest BCUT2D eigenvalue weighted by atomic mass is 10.2. The molecule has 7 heteroatoms. The maximum Gasteiger partial charge on any atom is 0.216 e. The van der Waals surface area contributed by atoms with Crippen LogP contribution in [0.25, 0.3) is 11.4 Å². The van der Waals surface area contributed by atoms with Gasteiger partial charge in [-0.05, 0) is 30.4 Å². The Morgan fingerprint density at radius 2 is 1.73 bits per heavy atom. The van der Waals surface area contributed by atoms with Gasteiger partial charge in [-0.25, -0.2) is 5.10 Å². The van der Waals surface area contributed by atoms with Crippen molar-refractivity contribution in [2.45, 2.75) is 0 Å². The molecule has 3 aromatic rings. The molecule has 0 spiro atoms. The molecule has 1 N–H and O–H groups in total. The average molecular weight is 438 g/mol. The van der Waals surface area contributed by atoms with Crippen LogP contribution in [0.5, 0.6) is 0 Å². The third-order valence-electron chi connectivity index (χ3n) is 2.98. The zero-order valence-corrected chi connectivity index (χ0v) is 15.2. The Kier molecular flexibility index (Phi) is 4.66. The molecule has 0 atom stereocenters. The number of nitrogens with one attached hydrogen (secondary N) is 1. The van der Waals surface area contributed by atoms with E-state index in [0.717, 1.165) is 20.1 Å². The standard InChI is InChI=1S/C15H10Br2N4S/c16-12-7-3-1-5-10(12)9-18-21-14(19-20-15(21)22)11-6-2-4-8-13(11)17/h1-9H,(H,20,22)/b18-9+. The molecule has 0 radical (unpaired) electrons. The summed E-state index contributed by atoms with van der Waals surface area (Å²) < 4.78 is 3.95. The normalized spacial score (nSPS) is 11.2. The number of hydrogen-bond donors (Lipinski definition) is 1. The molecule has 3 rings (SSSR count). The third kappa shape index (κ3) is 3.11. The fourth-order valence-electron chi connectivity index (χ4n) is 1.92. The van der Waals surface area contributed by atoms with E-state index < -0.39 is 0 Å². The van der Waals surface area contributed by atoms with Crippen LogP contribution in [-0.4, -0.2) is 21.1 Å². The van der Waals surface area contributed by atoms with E-state index in [9.17, 15) is 0 Å². The molecular weight excluding hydrogens is 428 g/mol. The van der Waals surface area contributed by atoms with Gasteiger partial charge in [-0.2, -0.15) is 14.9 Å². The summed E-state index contributed by atoms with van der Waals surface area (Å²) in [4.78, 5) is 0. The van der Waals surface area contributed by atoms with Gasteiger partial charge in [-0.15, -0.1) is 0 Å². The number of nitrogens with zero attached hydrogens (tertiary/aromatic N) is 3. The topological polar surface area (TPSA) is 46.0 Å². The van der Waals surface area contributed by atoms with E-state index in [1.54, 1.807) is 10.9 Å². The van der Waals surface area contributed by atoms with Crippen LogP contribution in [0.15, 0.2) is 62.6 Å². The quantitative estimate of drug-likeness (QED) is 0.462. The molecule has 4 nitrogen and oxygen atoms in total. The fraction of sp³-hybridized carbons (Fsp3) is 0. The summed E-state index contributed by atoms with van der Waals surface area (Å²) in [6.07, 6.45) is 1.75. The molecule has 0 amide bonds. The molecular formula is C15H10Br2N4S. The van der Waals surface area contributed by atoms with Crippen LogP contribution in [0.2, 0.25) is 0 Å². The Balaban J connectivity index is 2.06. The van der Waals surface area contributed by atoms with Crippen LogP contribution < -0.4 is 0 Å². The zero-order chi connectivity index (χ0) is 15.5. The van der Waals surface area contributed by atoms with Crippen molar-refractivity contribution in [2.75, 3.05) is 0 Å². The summed E-state index contributed by atoms with van der Waals surface area (Å²) in [7, 11) is 0. The molecule has 0 aliphatic rings. The van der Waals surface area contributed by atoms with Gasteiger partial charge in [0.25, 0.3) is 0 Å². The van der Waals surface area contributed by atoms with Crippen molar-refractivity contribution in [3.05, 3.63) is 67.8 Å². The van der Waals surface area contributed by atoms with E-state index in [4.69, 9.17) is 12.2 Å². The van der Waals surface area contributed by atoms with E-state index in [2.05, 4.69) is 47.2 Å². The minimum Gasteiger partial charge on any atom is -0.250 e. The number of aromatic nitrogens is 3. The minimum absolute atomic E-state index is 0.439. The van der Waals surface area contributed by atoms with Crippen molar-refractivity contribution in [1.82, 2.24) is 14.9 Å². The second-order valence-electron chi connectivity index (χ2n) is 4.41. The highest BCUT2D eigenvalue weighted by Crippen LogP contribution is 2.26. The Morgan fingerprint density at radius 1 is 1.05 bits per heavy atom. The Bertz CT molecular complexity index is 898. The molecule has 0 unspecified atom stereocenters.